The second-order valence-electron chi connectivity index (χ2n) is 10.0. The Morgan fingerprint density at radius 3 is 2.59 bits per heavy atom. The largest absolute Gasteiger partial charge is 0.383 e. The maximum Gasteiger partial charge on any atom is 0.256 e. The van der Waals surface area contributed by atoms with Gasteiger partial charge in [-0.25, -0.2) is 4.68 Å². The average Bonchev–Trinajstić information content (AvgIpc) is 3.50. The van der Waals surface area contributed by atoms with Crippen LogP contribution in [0.4, 0.5) is 0 Å². The molecule has 37 heavy (non-hydrogen) atoms. The highest BCUT2D eigenvalue weighted by molar-refractivity contribution is 6.05. The number of nitrogens with zero attached hydrogens (tertiary/aromatic N) is 5. The molecule has 190 valence electrons. The lowest BCUT2D eigenvalue weighted by Crippen LogP contribution is -2.52. The van der Waals surface area contributed by atoms with Crippen molar-refractivity contribution in [2.45, 2.75) is 50.4 Å². The van der Waals surface area contributed by atoms with Gasteiger partial charge >= 0.3 is 0 Å². The third-order valence-electron chi connectivity index (χ3n) is 7.59. The van der Waals surface area contributed by atoms with Crippen molar-refractivity contribution in [3.8, 4) is 5.69 Å². The number of hydrogen-bond donors (Lipinski definition) is 2. The van der Waals surface area contributed by atoms with Gasteiger partial charge in [0.15, 0.2) is 0 Å². The number of piperidine rings is 2. The van der Waals surface area contributed by atoms with Gasteiger partial charge in [0.1, 0.15) is 11.6 Å². The van der Waals surface area contributed by atoms with E-state index in [9.17, 15) is 19.5 Å². The molecule has 0 radical (unpaired) electrons. The van der Waals surface area contributed by atoms with E-state index >= 15 is 0 Å². The summed E-state index contributed by atoms with van der Waals surface area (Å²) in [5, 5.41) is 18.2. The summed E-state index contributed by atoms with van der Waals surface area (Å²) in [6, 6.07) is 12.7. The van der Waals surface area contributed by atoms with Gasteiger partial charge in [0.2, 0.25) is 11.8 Å². The Labute approximate surface area is 213 Å². The molecule has 2 saturated heterocycles. The molecular formula is C27H28N6O4. The Bertz CT molecular complexity index is 1360. The van der Waals surface area contributed by atoms with Crippen molar-refractivity contribution in [1.82, 2.24) is 29.9 Å². The number of likely N-dealkylation sites (tertiary alicyclic amines) is 1. The normalized spacial score (nSPS) is 21.7. The van der Waals surface area contributed by atoms with Crippen LogP contribution in [0.15, 0.2) is 54.9 Å². The fourth-order valence-electron chi connectivity index (χ4n) is 5.45. The van der Waals surface area contributed by atoms with Crippen LogP contribution in [0.5, 0.6) is 0 Å². The van der Waals surface area contributed by atoms with Crippen molar-refractivity contribution in [1.29, 1.82) is 0 Å². The summed E-state index contributed by atoms with van der Waals surface area (Å²) in [7, 11) is 0. The molecule has 1 atom stereocenters. The minimum atomic E-state index is -1.08. The first-order chi connectivity index (χ1) is 17.9. The highest BCUT2D eigenvalue weighted by Crippen LogP contribution is 2.35. The van der Waals surface area contributed by atoms with Crippen LogP contribution in [-0.4, -0.2) is 66.5 Å². The maximum atomic E-state index is 12.9. The van der Waals surface area contributed by atoms with E-state index in [4.69, 9.17) is 0 Å². The monoisotopic (exact) mass is 500 g/mol. The summed E-state index contributed by atoms with van der Waals surface area (Å²) in [6.07, 6.45) is 5.47. The van der Waals surface area contributed by atoms with E-state index in [1.54, 1.807) is 12.1 Å². The third-order valence-corrected chi connectivity index (χ3v) is 7.59. The highest BCUT2D eigenvalue weighted by Gasteiger charge is 2.41. The summed E-state index contributed by atoms with van der Waals surface area (Å²) >= 11 is 0. The number of nitrogens with one attached hydrogen (secondary N) is 1. The standard InChI is InChI=1S/C27H28N6O4/c34-24-9-7-22(25(35)30-24)32-17-21-20(26(32)36)6-8-23(29-21)27(37)10-12-31(13-11-27)15-18-14-28-33(16-18)19-4-2-1-3-5-19/h1-6,8,14,16,22,37H,7,9-13,15,17H2,(H,30,34,35). The van der Waals surface area contributed by atoms with Gasteiger partial charge in [-0.2, -0.15) is 5.10 Å². The molecule has 10 heteroatoms. The number of amides is 3. The molecule has 0 spiro atoms. The van der Waals surface area contributed by atoms with E-state index in [0.29, 0.717) is 49.3 Å². The topological polar surface area (TPSA) is 121 Å². The molecule has 2 fully saturated rings. The predicted octanol–water partition coefficient (Wildman–Crippen LogP) is 1.51. The van der Waals surface area contributed by atoms with E-state index in [0.717, 1.165) is 17.8 Å². The molecule has 2 N–H and O–H groups in total. The number of imide groups is 1. The maximum absolute atomic E-state index is 12.9. The van der Waals surface area contributed by atoms with Crippen LogP contribution < -0.4 is 5.32 Å². The number of aliphatic hydroxyl groups is 1. The van der Waals surface area contributed by atoms with Gasteiger partial charge in [0.25, 0.3) is 5.91 Å². The van der Waals surface area contributed by atoms with Gasteiger partial charge in [0.05, 0.1) is 35.4 Å². The van der Waals surface area contributed by atoms with E-state index in [1.165, 1.54) is 4.90 Å². The molecule has 3 amide bonds. The van der Waals surface area contributed by atoms with E-state index in [2.05, 4.69) is 20.3 Å². The Balaban J connectivity index is 1.10. The van der Waals surface area contributed by atoms with Crippen LogP contribution in [0.1, 0.15) is 53.0 Å². The third kappa shape index (κ3) is 4.42. The molecule has 2 aromatic heterocycles. The van der Waals surface area contributed by atoms with E-state index in [1.807, 2.05) is 47.4 Å². The quantitative estimate of drug-likeness (QED) is 0.510. The lowest BCUT2D eigenvalue weighted by molar-refractivity contribution is -0.136. The number of carbonyl (C=O) groups is 3. The zero-order chi connectivity index (χ0) is 25.6. The minimum absolute atomic E-state index is 0.196. The van der Waals surface area contributed by atoms with Gasteiger partial charge in [-0.15, -0.1) is 0 Å². The smallest absolute Gasteiger partial charge is 0.256 e. The first kappa shape index (κ1) is 23.5. The van der Waals surface area contributed by atoms with E-state index in [-0.39, 0.29) is 24.8 Å². The molecular weight excluding hydrogens is 472 g/mol. The number of fused-ring (bicyclic) bond motifs is 1. The van der Waals surface area contributed by atoms with Crippen LogP contribution in [0.3, 0.4) is 0 Å². The molecule has 3 aliphatic heterocycles. The number of benzene rings is 1. The molecule has 6 rings (SSSR count). The minimum Gasteiger partial charge on any atom is -0.383 e. The van der Waals surface area contributed by atoms with Crippen LogP contribution in [0.2, 0.25) is 0 Å². The zero-order valence-electron chi connectivity index (χ0n) is 20.3. The Kier molecular flexibility index (Phi) is 5.85. The molecule has 1 aromatic carbocycles. The molecule has 0 bridgehead atoms. The summed E-state index contributed by atoms with van der Waals surface area (Å²) in [5.41, 5.74) is 2.61. The molecule has 3 aromatic rings. The Morgan fingerprint density at radius 1 is 1.05 bits per heavy atom. The van der Waals surface area contributed by atoms with Crippen LogP contribution in [0, 0.1) is 0 Å². The van der Waals surface area contributed by atoms with Crippen molar-refractivity contribution in [2.75, 3.05) is 13.1 Å². The highest BCUT2D eigenvalue weighted by atomic mass is 16.3. The van der Waals surface area contributed by atoms with Gasteiger partial charge in [-0.3, -0.25) is 29.6 Å². The number of carbonyl (C=O) groups excluding carboxylic acids is 3. The first-order valence-corrected chi connectivity index (χ1v) is 12.6. The van der Waals surface area contributed by atoms with Gasteiger partial charge < -0.3 is 10.0 Å². The van der Waals surface area contributed by atoms with Crippen molar-refractivity contribution in [3.05, 3.63) is 77.4 Å². The van der Waals surface area contributed by atoms with Crippen molar-refractivity contribution in [3.63, 3.8) is 0 Å². The first-order valence-electron chi connectivity index (χ1n) is 12.6. The van der Waals surface area contributed by atoms with Crippen LogP contribution >= 0.6 is 0 Å². The van der Waals surface area contributed by atoms with Crippen molar-refractivity contribution in [2.24, 2.45) is 0 Å². The molecule has 10 nitrogen and oxygen atoms in total. The second kappa shape index (κ2) is 9.20. The van der Waals surface area contributed by atoms with Crippen molar-refractivity contribution >= 4 is 17.7 Å². The lowest BCUT2D eigenvalue weighted by atomic mass is 9.87. The van der Waals surface area contributed by atoms with Crippen molar-refractivity contribution < 1.29 is 19.5 Å². The van der Waals surface area contributed by atoms with Gasteiger partial charge in [0, 0.05) is 37.8 Å². The molecule has 5 heterocycles. The summed E-state index contributed by atoms with van der Waals surface area (Å²) < 4.78 is 1.86. The summed E-state index contributed by atoms with van der Waals surface area (Å²) in [5.74, 6) is -1.02. The lowest BCUT2D eigenvalue weighted by Gasteiger charge is -2.37. The predicted molar refractivity (Wildman–Crippen MR) is 132 cm³/mol. The molecule has 0 aliphatic carbocycles. The van der Waals surface area contributed by atoms with Gasteiger partial charge in [-0.05, 0) is 43.5 Å². The Morgan fingerprint density at radius 2 is 1.84 bits per heavy atom. The molecule has 1 unspecified atom stereocenters. The number of pyridine rings is 1. The van der Waals surface area contributed by atoms with Gasteiger partial charge in [-0.1, -0.05) is 18.2 Å². The van der Waals surface area contributed by atoms with Crippen LogP contribution in [0.25, 0.3) is 5.69 Å². The second-order valence-corrected chi connectivity index (χ2v) is 10.0. The number of aromatic nitrogens is 3. The Hall–Kier alpha value is -3.89. The summed E-state index contributed by atoms with van der Waals surface area (Å²) in [4.78, 5) is 45.2. The average molecular weight is 501 g/mol. The fraction of sp³-hybridized carbons (Fsp3) is 0.370. The number of hydrogen-bond acceptors (Lipinski definition) is 7. The number of para-hydroxylation sites is 1. The molecule has 0 saturated carbocycles. The van der Waals surface area contributed by atoms with E-state index < -0.39 is 17.6 Å². The SMILES string of the molecule is O=C1CCC(N2Cc3nc(C4(O)CCN(Cc5cnn(-c6ccccc6)c5)CC4)ccc3C2=O)C(=O)N1. The zero-order valence-corrected chi connectivity index (χ0v) is 20.3. The number of rotatable bonds is 5. The summed E-state index contributed by atoms with van der Waals surface area (Å²) in [6.45, 7) is 2.35. The fourth-order valence-corrected chi connectivity index (χ4v) is 5.45. The van der Waals surface area contributed by atoms with Crippen LogP contribution in [-0.2, 0) is 28.3 Å². The molecule has 3 aliphatic rings.